The maximum Gasteiger partial charge on any atom is 0.309 e. The van der Waals surface area contributed by atoms with E-state index < -0.39 is 0 Å². The molecule has 1 aliphatic rings. The average molecular weight is 246 g/mol. The van der Waals surface area contributed by atoms with Crippen LogP contribution in [0.1, 0.15) is 37.5 Å². The lowest BCUT2D eigenvalue weighted by molar-refractivity contribution is -0.139. The van der Waals surface area contributed by atoms with Gasteiger partial charge in [0.1, 0.15) is 0 Å². The predicted molar refractivity (Wildman–Crippen MR) is 72.5 cm³/mol. The van der Waals surface area contributed by atoms with Crippen molar-refractivity contribution in [3.8, 4) is 0 Å². The number of methoxy groups -OCH3 is 1. The molecule has 0 N–H and O–H groups in total. The largest absolute Gasteiger partial charge is 0.469 e. The molecule has 0 saturated heterocycles. The maximum atomic E-state index is 11.3. The van der Waals surface area contributed by atoms with Gasteiger partial charge in [-0.25, -0.2) is 0 Å². The Balaban J connectivity index is 2.19. The molecule has 98 valence electrons. The Morgan fingerprint density at radius 3 is 2.61 bits per heavy atom. The highest BCUT2D eigenvalue weighted by Gasteiger charge is 2.35. The molecule has 0 aromatic heterocycles. The number of hydrogen-bond acceptors (Lipinski definition) is 2. The van der Waals surface area contributed by atoms with E-state index in [1.165, 1.54) is 18.2 Å². The normalized spacial score (nSPS) is 22.1. The number of carbonyl (C=O) groups is 1. The molecule has 18 heavy (non-hydrogen) atoms. The topological polar surface area (TPSA) is 26.3 Å². The van der Waals surface area contributed by atoms with E-state index in [9.17, 15) is 4.79 Å². The Morgan fingerprint density at radius 1 is 1.33 bits per heavy atom. The summed E-state index contributed by atoms with van der Waals surface area (Å²) in [7, 11) is 1.44. The first kappa shape index (κ1) is 13.1. The van der Waals surface area contributed by atoms with Crippen molar-refractivity contribution in [1.82, 2.24) is 0 Å². The van der Waals surface area contributed by atoms with E-state index in [2.05, 4.69) is 39.0 Å². The molecule has 1 atom stereocenters. The molecule has 1 unspecified atom stereocenters. The van der Waals surface area contributed by atoms with Crippen LogP contribution in [0.3, 0.4) is 0 Å². The van der Waals surface area contributed by atoms with Gasteiger partial charge in [0, 0.05) is 0 Å². The minimum atomic E-state index is -0.167. The van der Waals surface area contributed by atoms with Crippen LogP contribution in [-0.2, 0) is 28.8 Å². The van der Waals surface area contributed by atoms with Crippen LogP contribution in [0.2, 0.25) is 0 Å². The van der Waals surface area contributed by atoms with Crippen LogP contribution >= 0.6 is 0 Å². The summed E-state index contributed by atoms with van der Waals surface area (Å²) in [6.45, 7) is 6.94. The van der Waals surface area contributed by atoms with Crippen LogP contribution in [0, 0.1) is 11.3 Å². The lowest BCUT2D eigenvalue weighted by Crippen LogP contribution is -2.23. The molecule has 1 aromatic rings. The quantitative estimate of drug-likeness (QED) is 0.766. The zero-order valence-electron chi connectivity index (χ0n) is 11.7. The summed E-state index contributed by atoms with van der Waals surface area (Å²) in [6.07, 6.45) is 2.65. The monoisotopic (exact) mass is 246 g/mol. The molecule has 0 radical (unpaired) electrons. The Bertz CT molecular complexity index is 462. The fourth-order valence-electron chi connectivity index (χ4n) is 2.71. The first-order chi connectivity index (χ1) is 8.44. The van der Waals surface area contributed by atoms with E-state index in [4.69, 9.17) is 4.74 Å². The minimum Gasteiger partial charge on any atom is -0.469 e. The van der Waals surface area contributed by atoms with Gasteiger partial charge in [0.05, 0.1) is 13.5 Å². The Kier molecular flexibility index (Phi) is 3.47. The SMILES string of the molecule is COC(=O)Cc1ccc2c(c1)CC(C)(C(C)C)C2. The average Bonchev–Trinajstić information content (AvgIpc) is 2.66. The second-order valence-electron chi connectivity index (χ2n) is 6.02. The first-order valence-corrected chi connectivity index (χ1v) is 6.62. The Labute approximate surface area is 109 Å². The molecule has 2 heteroatoms. The summed E-state index contributed by atoms with van der Waals surface area (Å²) >= 11 is 0. The van der Waals surface area contributed by atoms with Crippen molar-refractivity contribution >= 4 is 5.97 Å². The van der Waals surface area contributed by atoms with E-state index in [1.807, 2.05) is 0 Å². The molecule has 0 heterocycles. The van der Waals surface area contributed by atoms with Gasteiger partial charge in [0.2, 0.25) is 0 Å². The van der Waals surface area contributed by atoms with Crippen LogP contribution in [0.4, 0.5) is 0 Å². The lowest BCUT2D eigenvalue weighted by atomic mass is 9.77. The summed E-state index contributed by atoms with van der Waals surface area (Å²) < 4.78 is 4.71. The fraction of sp³-hybridized carbons (Fsp3) is 0.562. The highest BCUT2D eigenvalue weighted by molar-refractivity contribution is 5.72. The van der Waals surface area contributed by atoms with E-state index >= 15 is 0 Å². The number of carbonyl (C=O) groups excluding carboxylic acids is 1. The third kappa shape index (κ3) is 2.43. The van der Waals surface area contributed by atoms with Crippen molar-refractivity contribution in [3.63, 3.8) is 0 Å². The molecule has 1 aliphatic carbocycles. The van der Waals surface area contributed by atoms with Crippen LogP contribution in [-0.4, -0.2) is 13.1 Å². The number of rotatable bonds is 3. The molecule has 0 fully saturated rings. The van der Waals surface area contributed by atoms with Crippen LogP contribution in [0.15, 0.2) is 18.2 Å². The minimum absolute atomic E-state index is 0.167. The molecule has 2 nitrogen and oxygen atoms in total. The lowest BCUT2D eigenvalue weighted by Gasteiger charge is -2.28. The number of fused-ring (bicyclic) bond motifs is 1. The van der Waals surface area contributed by atoms with Gasteiger partial charge in [-0.3, -0.25) is 4.79 Å². The maximum absolute atomic E-state index is 11.3. The standard InChI is InChI=1S/C16H22O2/c1-11(2)16(3)9-13-6-5-12(7-14(13)10-16)8-15(17)18-4/h5-7,11H,8-10H2,1-4H3. The molecule has 0 spiro atoms. The number of ether oxygens (including phenoxy) is 1. The third-order valence-electron chi connectivity index (χ3n) is 4.43. The van der Waals surface area contributed by atoms with Crippen molar-refractivity contribution < 1.29 is 9.53 Å². The Morgan fingerprint density at radius 2 is 2.00 bits per heavy atom. The van der Waals surface area contributed by atoms with Crippen molar-refractivity contribution in [2.24, 2.45) is 11.3 Å². The van der Waals surface area contributed by atoms with Crippen LogP contribution in [0.5, 0.6) is 0 Å². The molecular weight excluding hydrogens is 224 g/mol. The second-order valence-corrected chi connectivity index (χ2v) is 6.02. The third-order valence-corrected chi connectivity index (χ3v) is 4.43. The van der Waals surface area contributed by atoms with Crippen LogP contribution in [0.25, 0.3) is 0 Å². The highest BCUT2D eigenvalue weighted by Crippen LogP contribution is 2.42. The number of hydrogen-bond donors (Lipinski definition) is 0. The van der Waals surface area contributed by atoms with Gasteiger partial charge in [0.25, 0.3) is 0 Å². The highest BCUT2D eigenvalue weighted by atomic mass is 16.5. The van der Waals surface area contributed by atoms with Gasteiger partial charge in [0.15, 0.2) is 0 Å². The summed E-state index contributed by atoms with van der Waals surface area (Å²) in [4.78, 5) is 11.3. The summed E-state index contributed by atoms with van der Waals surface area (Å²) in [5.74, 6) is 0.508. The van der Waals surface area contributed by atoms with Gasteiger partial charge < -0.3 is 4.74 Å². The van der Waals surface area contributed by atoms with Gasteiger partial charge >= 0.3 is 5.97 Å². The first-order valence-electron chi connectivity index (χ1n) is 6.62. The fourth-order valence-corrected chi connectivity index (χ4v) is 2.71. The second kappa shape index (κ2) is 4.75. The number of benzene rings is 1. The van der Waals surface area contributed by atoms with E-state index in [0.717, 1.165) is 18.4 Å². The summed E-state index contributed by atoms with van der Waals surface area (Å²) in [5, 5.41) is 0. The van der Waals surface area contributed by atoms with Crippen LogP contribution < -0.4 is 0 Å². The summed E-state index contributed by atoms with van der Waals surface area (Å²) in [5.41, 5.74) is 4.28. The molecule has 1 aromatic carbocycles. The molecule has 0 saturated carbocycles. The van der Waals surface area contributed by atoms with E-state index in [1.54, 1.807) is 0 Å². The van der Waals surface area contributed by atoms with Gasteiger partial charge in [-0.05, 0) is 40.9 Å². The van der Waals surface area contributed by atoms with E-state index in [0.29, 0.717) is 17.8 Å². The number of esters is 1. The Hall–Kier alpha value is -1.31. The smallest absolute Gasteiger partial charge is 0.309 e. The molecule has 2 rings (SSSR count). The predicted octanol–water partition coefficient (Wildman–Crippen LogP) is 3.16. The van der Waals surface area contributed by atoms with Gasteiger partial charge in [-0.15, -0.1) is 0 Å². The molecule has 0 aliphatic heterocycles. The zero-order chi connectivity index (χ0) is 13.3. The van der Waals surface area contributed by atoms with Gasteiger partial charge in [-0.1, -0.05) is 39.0 Å². The van der Waals surface area contributed by atoms with E-state index in [-0.39, 0.29) is 5.97 Å². The van der Waals surface area contributed by atoms with Gasteiger partial charge in [-0.2, -0.15) is 0 Å². The van der Waals surface area contributed by atoms with Crippen molar-refractivity contribution in [1.29, 1.82) is 0 Å². The summed E-state index contributed by atoms with van der Waals surface area (Å²) in [6, 6.07) is 6.42. The van der Waals surface area contributed by atoms with Crippen molar-refractivity contribution in [2.45, 2.75) is 40.0 Å². The molecule has 0 bridgehead atoms. The molecule has 0 amide bonds. The zero-order valence-corrected chi connectivity index (χ0v) is 11.7. The molecular formula is C16H22O2. The van der Waals surface area contributed by atoms with Crippen molar-refractivity contribution in [3.05, 3.63) is 34.9 Å². The van der Waals surface area contributed by atoms with Crippen molar-refractivity contribution in [2.75, 3.05) is 7.11 Å².